The van der Waals surface area contributed by atoms with Gasteiger partial charge in [-0.25, -0.2) is 9.78 Å². The fraction of sp³-hybridized carbons (Fsp3) is 0.500. The van der Waals surface area contributed by atoms with E-state index in [4.69, 9.17) is 25.6 Å². The first-order valence-electron chi connectivity index (χ1n) is 14.7. The maximum Gasteiger partial charge on any atom is 0.418 e. The van der Waals surface area contributed by atoms with E-state index in [0.29, 0.717) is 16.9 Å². The molecule has 0 bridgehead atoms. The van der Waals surface area contributed by atoms with E-state index in [1.54, 1.807) is 12.1 Å². The molecule has 0 radical (unpaired) electrons. The number of nitrogens with zero attached hydrogens (tertiary/aromatic N) is 5. The molecule has 6 N–H and O–H groups in total. The van der Waals surface area contributed by atoms with Crippen molar-refractivity contribution >= 4 is 61.1 Å². The van der Waals surface area contributed by atoms with E-state index in [1.807, 2.05) is 19.3 Å². The smallest absolute Gasteiger partial charge is 0.418 e. The normalized spacial score (nSPS) is 22.1. The van der Waals surface area contributed by atoms with Crippen LogP contribution >= 0.6 is 11.3 Å². The molecule has 2 atom stereocenters. The summed E-state index contributed by atoms with van der Waals surface area (Å²) >= 11 is 0.995. The van der Waals surface area contributed by atoms with Crippen LogP contribution in [-0.2, 0) is 41.0 Å². The molecule has 5 rings (SSSR count). The van der Waals surface area contributed by atoms with Gasteiger partial charge in [-0.2, -0.15) is 18.2 Å². The number of aliphatic carboxylic acids is 1. The average Bonchev–Trinajstić information content (AvgIpc) is 3.58. The van der Waals surface area contributed by atoms with E-state index in [2.05, 4.69) is 23.8 Å². The second kappa shape index (κ2) is 13.1. The lowest BCUT2D eigenvalue weighted by Crippen LogP contribution is -2.68. The minimum Gasteiger partial charge on any atom is -0.489 e. The molecule has 1 amide bonds. The number of oxime groups is 1. The Morgan fingerprint density at radius 2 is 1.96 bits per heavy atom. The van der Waals surface area contributed by atoms with Gasteiger partial charge < -0.3 is 26.1 Å². The number of nitrogens with two attached hydrogens (primary N) is 2. The van der Waals surface area contributed by atoms with E-state index < -0.39 is 64.4 Å². The molecule has 3 aromatic rings. The topological polar surface area (TPSA) is 243 Å². The fourth-order valence-electron chi connectivity index (χ4n) is 5.81. The van der Waals surface area contributed by atoms with Crippen molar-refractivity contribution in [1.82, 2.24) is 14.7 Å². The second-order valence-electron chi connectivity index (χ2n) is 12.0. The fourth-order valence-corrected chi connectivity index (χ4v) is 6.81. The number of benzene rings is 1. The number of ether oxygens (including phenoxy) is 1. The third-order valence-corrected chi connectivity index (χ3v) is 9.50. The van der Waals surface area contributed by atoms with Crippen LogP contribution in [0.3, 0.4) is 0 Å². The number of rotatable bonds is 13. The standard InChI is InChI=1S/C28H35N7O10S2/c1-28(2)19(25(37)35(28)45-47(40,41)42)11-22(36)24(20-14-46-27(30)31-20)32-44-23(26(38)39)13-43-18-8-9-21-15(10-18)12-34(33(21)3)17-6-4-16(29)5-7-17/h8-10,12,14,16-17,19,23H,4-7,11,13,29H2,1-3H3,(H3-,30,31,38,39,40,41,42)/p+1/b32-24-/t16?,17?,19-,23+/m1/s1. The Morgan fingerprint density at radius 3 is 2.55 bits per heavy atom. The molecule has 0 unspecified atom stereocenters. The molecule has 0 spiro atoms. The number of nitrogen functional groups attached to an aromatic ring is 1. The third kappa shape index (κ3) is 7.38. The summed E-state index contributed by atoms with van der Waals surface area (Å²) in [6, 6.07) is 5.93. The average molecular weight is 695 g/mol. The second-order valence-corrected chi connectivity index (χ2v) is 13.9. The molecule has 1 aromatic carbocycles. The highest BCUT2D eigenvalue weighted by Crippen LogP contribution is 2.40. The molecule has 2 fully saturated rings. The Balaban J connectivity index is 1.29. The molecular weight excluding hydrogens is 658 g/mol. The van der Waals surface area contributed by atoms with Crippen LogP contribution in [-0.4, -0.2) is 80.5 Å². The highest BCUT2D eigenvalue weighted by Gasteiger charge is 2.57. The van der Waals surface area contributed by atoms with Crippen molar-refractivity contribution in [2.24, 2.45) is 23.9 Å². The molecule has 2 aliphatic rings. The number of carboxylic acid groups (broad SMARTS) is 1. The van der Waals surface area contributed by atoms with Gasteiger partial charge in [-0.15, -0.1) is 20.3 Å². The van der Waals surface area contributed by atoms with Crippen LogP contribution in [0.4, 0.5) is 5.13 Å². The number of hydrogen-bond acceptors (Lipinski definition) is 13. The van der Waals surface area contributed by atoms with Gasteiger partial charge in [0.05, 0.1) is 23.9 Å². The van der Waals surface area contributed by atoms with Crippen molar-refractivity contribution < 1.29 is 51.0 Å². The number of Topliss-reactive ketones (excluding diaryl/α,β-unsaturated/α-hetero) is 1. The molecular formula is C28H36N7O10S2+. The van der Waals surface area contributed by atoms with Gasteiger partial charge >= 0.3 is 16.4 Å². The minimum absolute atomic E-state index is 0.0130. The van der Waals surface area contributed by atoms with E-state index in [0.717, 1.165) is 47.9 Å². The number of anilines is 1. The van der Waals surface area contributed by atoms with Gasteiger partial charge in [0, 0.05) is 30.7 Å². The van der Waals surface area contributed by atoms with Crippen LogP contribution in [0.5, 0.6) is 5.75 Å². The van der Waals surface area contributed by atoms with Crippen molar-refractivity contribution in [2.45, 2.75) is 69.7 Å². The zero-order valence-corrected chi connectivity index (χ0v) is 27.4. The van der Waals surface area contributed by atoms with Crippen LogP contribution in [0.15, 0.2) is 34.9 Å². The quantitative estimate of drug-likeness (QED) is 0.0645. The van der Waals surface area contributed by atoms with Gasteiger partial charge in [-0.05, 0) is 44.9 Å². The van der Waals surface area contributed by atoms with Crippen LogP contribution < -0.4 is 20.9 Å². The first-order chi connectivity index (χ1) is 22.0. The number of fused-ring (bicyclic) bond motifs is 1. The summed E-state index contributed by atoms with van der Waals surface area (Å²) in [5.41, 5.74) is 11.0. The van der Waals surface area contributed by atoms with Crippen LogP contribution in [0.1, 0.15) is 57.7 Å². The molecule has 1 aliphatic heterocycles. The van der Waals surface area contributed by atoms with Gasteiger partial charge in [-0.3, -0.25) is 14.1 Å². The number of hydroxylamine groups is 2. The van der Waals surface area contributed by atoms with Gasteiger partial charge in [-0.1, -0.05) is 5.16 Å². The van der Waals surface area contributed by atoms with E-state index >= 15 is 0 Å². The summed E-state index contributed by atoms with van der Waals surface area (Å²) in [4.78, 5) is 47.4. The molecule has 254 valence electrons. The van der Waals surface area contributed by atoms with Gasteiger partial charge in [0.25, 0.3) is 12.0 Å². The Labute approximate surface area is 273 Å². The number of aryl methyl sites for hydroxylation is 1. The van der Waals surface area contributed by atoms with E-state index in [1.165, 1.54) is 19.2 Å². The Bertz CT molecular complexity index is 1830. The molecule has 3 heterocycles. The molecule has 1 saturated carbocycles. The number of aromatic nitrogens is 3. The molecule has 17 nitrogen and oxygen atoms in total. The first-order valence-corrected chi connectivity index (χ1v) is 16.9. The third-order valence-electron chi connectivity index (χ3n) is 8.49. The summed E-state index contributed by atoms with van der Waals surface area (Å²) in [7, 11) is -3.01. The largest absolute Gasteiger partial charge is 0.489 e. The molecule has 2 aromatic heterocycles. The Morgan fingerprint density at radius 1 is 1.26 bits per heavy atom. The molecule has 19 heteroatoms. The van der Waals surface area contributed by atoms with Gasteiger partial charge in [0.2, 0.25) is 6.20 Å². The Hall–Kier alpha value is -4.17. The first kappa shape index (κ1) is 34.2. The number of amides is 1. The predicted octanol–water partition coefficient (Wildman–Crippen LogP) is 1.13. The summed E-state index contributed by atoms with van der Waals surface area (Å²) in [6.07, 6.45) is 3.76. The van der Waals surface area contributed by atoms with Gasteiger partial charge in [0.1, 0.15) is 23.6 Å². The van der Waals surface area contributed by atoms with Crippen LogP contribution in [0, 0.1) is 5.92 Å². The summed E-state index contributed by atoms with van der Waals surface area (Å²) < 4.78 is 45.6. The van der Waals surface area contributed by atoms with Gasteiger partial charge in [0.15, 0.2) is 22.7 Å². The zero-order chi connectivity index (χ0) is 34.3. The van der Waals surface area contributed by atoms with Crippen molar-refractivity contribution in [3.05, 3.63) is 35.5 Å². The molecule has 1 aliphatic carbocycles. The SMILES string of the molecule is Cn1c2ccc(OC[C@H](O/N=C(\C(=O)C[C@@H]3C(=O)N(OS(=O)(=O)O)C3(C)C)c3csc(N)n3)C(=O)O)cc2c[n+]1C1CCC(N)CC1. The monoisotopic (exact) mass is 694 g/mol. The molecule has 1 saturated heterocycles. The maximum absolute atomic E-state index is 13.4. The number of thiazole rings is 1. The van der Waals surface area contributed by atoms with Crippen molar-refractivity contribution in [3.63, 3.8) is 0 Å². The summed E-state index contributed by atoms with van der Waals surface area (Å²) in [6.45, 7) is 2.40. The highest BCUT2D eigenvalue weighted by atomic mass is 32.3. The lowest BCUT2D eigenvalue weighted by Gasteiger charge is -2.50. The lowest BCUT2D eigenvalue weighted by molar-refractivity contribution is -0.795. The zero-order valence-electron chi connectivity index (χ0n) is 25.8. The predicted molar refractivity (Wildman–Crippen MR) is 166 cm³/mol. The summed E-state index contributed by atoms with van der Waals surface area (Å²) in [5.74, 6) is -3.73. The van der Waals surface area contributed by atoms with Crippen LogP contribution in [0.2, 0.25) is 0 Å². The van der Waals surface area contributed by atoms with E-state index in [9.17, 15) is 27.9 Å². The minimum atomic E-state index is -4.99. The number of hydrogen-bond donors (Lipinski definition) is 4. The van der Waals surface area contributed by atoms with Crippen molar-refractivity contribution in [2.75, 3.05) is 12.3 Å². The maximum atomic E-state index is 13.4. The number of β-lactam (4-membered cyclic amide) rings is 1. The Kier molecular flexibility index (Phi) is 9.56. The number of carbonyl (C=O) groups excluding carboxylic acids is 2. The van der Waals surface area contributed by atoms with Crippen molar-refractivity contribution in [1.29, 1.82) is 0 Å². The van der Waals surface area contributed by atoms with E-state index in [-0.39, 0.29) is 16.9 Å². The lowest BCUT2D eigenvalue weighted by atomic mass is 9.74. The molecule has 47 heavy (non-hydrogen) atoms. The number of carboxylic acids is 1. The number of carbonyl (C=O) groups is 3. The van der Waals surface area contributed by atoms with Crippen molar-refractivity contribution in [3.8, 4) is 5.75 Å². The van der Waals surface area contributed by atoms with Crippen LogP contribution in [0.25, 0.3) is 10.9 Å². The highest BCUT2D eigenvalue weighted by molar-refractivity contribution is 7.80. The summed E-state index contributed by atoms with van der Waals surface area (Å²) in [5, 5.41) is 16.5. The number of ketones is 1.